The van der Waals surface area contributed by atoms with Crippen molar-refractivity contribution in [2.45, 2.75) is 32.2 Å². The molecular formula is C23H26N3O2S+. The first kappa shape index (κ1) is 19.6. The van der Waals surface area contributed by atoms with Gasteiger partial charge in [0.25, 0.3) is 11.8 Å². The molecule has 1 unspecified atom stereocenters. The van der Waals surface area contributed by atoms with Crippen LogP contribution in [0.2, 0.25) is 0 Å². The Kier molecular flexibility index (Phi) is 5.65. The van der Waals surface area contributed by atoms with E-state index in [-0.39, 0.29) is 5.91 Å². The van der Waals surface area contributed by atoms with Crippen LogP contribution >= 0.6 is 11.3 Å². The third kappa shape index (κ3) is 4.33. The van der Waals surface area contributed by atoms with Gasteiger partial charge < -0.3 is 16.0 Å². The van der Waals surface area contributed by atoms with Gasteiger partial charge in [0.15, 0.2) is 6.54 Å². The van der Waals surface area contributed by atoms with Crippen LogP contribution in [0.15, 0.2) is 42.5 Å². The van der Waals surface area contributed by atoms with Crippen molar-refractivity contribution in [1.29, 1.82) is 0 Å². The van der Waals surface area contributed by atoms with Gasteiger partial charge in [0.2, 0.25) is 0 Å². The number of thiophene rings is 1. The maximum absolute atomic E-state index is 12.6. The standard InChI is InChI=1S/C23H25N3O2S/c1-26(13-15-10-11-16-6-2-3-7-17(16)12-15)14-20(27)25-23-21(22(24)28)18-8-4-5-9-19(18)29-23/h2-3,6-7,10-12H,4-5,8-9,13-14H2,1H3,(H2,24,28)(H,25,27)/p+1. The van der Waals surface area contributed by atoms with E-state index in [1.807, 2.05) is 19.2 Å². The second kappa shape index (κ2) is 8.35. The van der Waals surface area contributed by atoms with E-state index in [2.05, 4.69) is 35.6 Å². The van der Waals surface area contributed by atoms with E-state index in [0.29, 0.717) is 17.1 Å². The molecule has 0 fully saturated rings. The first-order chi connectivity index (χ1) is 14.0. The summed E-state index contributed by atoms with van der Waals surface area (Å²) in [4.78, 5) is 26.9. The van der Waals surface area contributed by atoms with Crippen LogP contribution in [0.25, 0.3) is 10.8 Å². The Balaban J connectivity index is 1.42. The highest BCUT2D eigenvalue weighted by atomic mass is 32.1. The molecule has 1 aliphatic carbocycles. The summed E-state index contributed by atoms with van der Waals surface area (Å²) in [6, 6.07) is 14.7. The number of carbonyl (C=O) groups is 2. The zero-order chi connectivity index (χ0) is 20.4. The molecule has 6 heteroatoms. The summed E-state index contributed by atoms with van der Waals surface area (Å²) in [6.45, 7) is 1.08. The third-order valence-corrected chi connectivity index (χ3v) is 6.66. The average Bonchev–Trinajstić information content (AvgIpc) is 3.05. The van der Waals surface area contributed by atoms with Gasteiger partial charge >= 0.3 is 0 Å². The Morgan fingerprint density at radius 2 is 1.86 bits per heavy atom. The van der Waals surface area contributed by atoms with Gasteiger partial charge in [-0.15, -0.1) is 11.3 Å². The van der Waals surface area contributed by atoms with Crippen molar-refractivity contribution in [2.24, 2.45) is 5.73 Å². The molecule has 2 aromatic carbocycles. The fourth-order valence-electron chi connectivity index (χ4n) is 4.12. The van der Waals surface area contributed by atoms with Gasteiger partial charge in [-0.25, -0.2) is 0 Å². The lowest BCUT2D eigenvalue weighted by molar-refractivity contribution is -0.885. The van der Waals surface area contributed by atoms with Crippen molar-refractivity contribution in [3.63, 3.8) is 0 Å². The average molecular weight is 409 g/mol. The van der Waals surface area contributed by atoms with Gasteiger partial charge in [-0.05, 0) is 48.1 Å². The Morgan fingerprint density at radius 1 is 1.10 bits per heavy atom. The smallest absolute Gasteiger partial charge is 0.280 e. The third-order valence-electron chi connectivity index (χ3n) is 5.45. The number of anilines is 1. The Morgan fingerprint density at radius 3 is 2.66 bits per heavy atom. The first-order valence-corrected chi connectivity index (χ1v) is 10.9. The topological polar surface area (TPSA) is 76.6 Å². The van der Waals surface area contributed by atoms with Crippen molar-refractivity contribution in [3.8, 4) is 0 Å². The highest BCUT2D eigenvalue weighted by Gasteiger charge is 2.25. The minimum Gasteiger partial charge on any atom is -0.365 e. The fraction of sp³-hybridized carbons (Fsp3) is 0.304. The molecule has 2 amide bonds. The number of benzene rings is 2. The monoisotopic (exact) mass is 408 g/mol. The summed E-state index contributed by atoms with van der Waals surface area (Å²) < 4.78 is 0. The molecule has 0 radical (unpaired) electrons. The Hall–Kier alpha value is -2.70. The van der Waals surface area contributed by atoms with Crippen LogP contribution in [0.5, 0.6) is 0 Å². The van der Waals surface area contributed by atoms with E-state index in [4.69, 9.17) is 5.73 Å². The predicted molar refractivity (Wildman–Crippen MR) is 118 cm³/mol. The number of aryl methyl sites for hydroxylation is 1. The molecule has 1 heterocycles. The number of primary amides is 1. The summed E-state index contributed by atoms with van der Waals surface area (Å²) in [6.07, 6.45) is 4.02. The van der Waals surface area contributed by atoms with Gasteiger partial charge in [0.05, 0.1) is 12.6 Å². The zero-order valence-corrected chi connectivity index (χ0v) is 17.4. The maximum atomic E-state index is 12.6. The van der Waals surface area contributed by atoms with E-state index in [1.165, 1.54) is 32.5 Å². The molecule has 1 atom stereocenters. The van der Waals surface area contributed by atoms with Crippen LogP contribution in [0.3, 0.4) is 0 Å². The van der Waals surface area contributed by atoms with Crippen molar-refractivity contribution in [1.82, 2.24) is 0 Å². The van der Waals surface area contributed by atoms with Gasteiger partial charge in [-0.3, -0.25) is 9.59 Å². The molecule has 0 aliphatic heterocycles. The quantitative estimate of drug-likeness (QED) is 0.586. The number of hydrogen-bond donors (Lipinski definition) is 3. The molecule has 0 saturated carbocycles. The number of likely N-dealkylation sites (N-methyl/N-ethyl adjacent to an activating group) is 1. The normalized spacial score (nSPS) is 14.4. The van der Waals surface area contributed by atoms with Gasteiger partial charge in [-0.2, -0.15) is 0 Å². The van der Waals surface area contributed by atoms with Crippen molar-refractivity contribution < 1.29 is 14.5 Å². The molecule has 1 aliphatic rings. The number of amides is 2. The van der Waals surface area contributed by atoms with Crippen molar-refractivity contribution >= 4 is 38.9 Å². The lowest BCUT2D eigenvalue weighted by atomic mass is 9.95. The van der Waals surface area contributed by atoms with Crippen LogP contribution in [0.1, 0.15) is 39.2 Å². The van der Waals surface area contributed by atoms with E-state index < -0.39 is 5.91 Å². The first-order valence-electron chi connectivity index (χ1n) is 10.0. The van der Waals surface area contributed by atoms with E-state index in [9.17, 15) is 9.59 Å². The van der Waals surface area contributed by atoms with Gasteiger partial charge in [-0.1, -0.05) is 36.4 Å². The van der Waals surface area contributed by atoms with Crippen LogP contribution in [-0.4, -0.2) is 25.4 Å². The highest BCUT2D eigenvalue weighted by molar-refractivity contribution is 7.17. The molecule has 0 saturated heterocycles. The van der Waals surface area contributed by atoms with Gasteiger partial charge in [0.1, 0.15) is 11.5 Å². The molecule has 0 bridgehead atoms. The molecule has 3 aromatic rings. The molecule has 4 N–H and O–H groups in total. The number of nitrogens with two attached hydrogens (primary N) is 1. The summed E-state index contributed by atoms with van der Waals surface area (Å²) in [5, 5.41) is 5.99. The molecule has 150 valence electrons. The fourth-order valence-corrected chi connectivity index (χ4v) is 5.43. The molecule has 4 rings (SSSR count). The van der Waals surface area contributed by atoms with Crippen molar-refractivity contribution in [2.75, 3.05) is 18.9 Å². The second-order valence-electron chi connectivity index (χ2n) is 7.82. The number of carbonyl (C=O) groups excluding carboxylic acids is 2. The SMILES string of the molecule is C[NH+](CC(=O)Nc1sc2c(c1C(N)=O)CCCC2)Cc1ccc2ccccc2c1. The zero-order valence-electron chi connectivity index (χ0n) is 16.6. The molecular weight excluding hydrogens is 382 g/mol. The second-order valence-corrected chi connectivity index (χ2v) is 8.92. The minimum absolute atomic E-state index is 0.0932. The van der Waals surface area contributed by atoms with E-state index in [1.54, 1.807) is 0 Å². The summed E-state index contributed by atoms with van der Waals surface area (Å²) in [7, 11) is 2.00. The largest absolute Gasteiger partial charge is 0.365 e. The lowest BCUT2D eigenvalue weighted by Crippen LogP contribution is -3.08. The lowest BCUT2D eigenvalue weighted by Gasteiger charge is -2.14. The number of hydrogen-bond acceptors (Lipinski definition) is 3. The molecule has 29 heavy (non-hydrogen) atoms. The predicted octanol–water partition coefficient (Wildman–Crippen LogP) is 2.53. The summed E-state index contributed by atoms with van der Waals surface area (Å²) >= 11 is 1.51. The number of fused-ring (bicyclic) bond motifs is 2. The van der Waals surface area contributed by atoms with Crippen molar-refractivity contribution in [3.05, 3.63) is 64.0 Å². The van der Waals surface area contributed by atoms with Crippen LogP contribution < -0.4 is 16.0 Å². The van der Waals surface area contributed by atoms with Crippen LogP contribution in [-0.2, 0) is 24.2 Å². The van der Waals surface area contributed by atoms with Crippen LogP contribution in [0.4, 0.5) is 5.00 Å². The number of quaternary nitrogens is 1. The maximum Gasteiger partial charge on any atom is 0.280 e. The van der Waals surface area contributed by atoms with E-state index >= 15 is 0 Å². The highest BCUT2D eigenvalue weighted by Crippen LogP contribution is 2.37. The van der Waals surface area contributed by atoms with Gasteiger partial charge in [0, 0.05) is 10.4 Å². The van der Waals surface area contributed by atoms with Crippen LogP contribution in [0, 0.1) is 0 Å². The number of nitrogens with one attached hydrogen (secondary N) is 2. The molecule has 5 nitrogen and oxygen atoms in total. The molecule has 0 spiro atoms. The Labute approximate surface area is 174 Å². The molecule has 1 aromatic heterocycles. The Bertz CT molecular complexity index is 1070. The minimum atomic E-state index is -0.448. The summed E-state index contributed by atoms with van der Waals surface area (Å²) in [5.74, 6) is -0.541. The number of rotatable bonds is 6. The van der Waals surface area contributed by atoms with E-state index in [0.717, 1.165) is 42.7 Å². The summed E-state index contributed by atoms with van der Waals surface area (Å²) in [5.41, 5.74) is 8.37.